The molecule has 0 bridgehead atoms. The highest BCUT2D eigenvalue weighted by molar-refractivity contribution is 5.83. The summed E-state index contributed by atoms with van der Waals surface area (Å²) >= 11 is 0. The lowest BCUT2D eigenvalue weighted by molar-refractivity contribution is -0.123. The van der Waals surface area contributed by atoms with Crippen LogP contribution in [0.1, 0.15) is 18.4 Å². The molecule has 15 heavy (non-hydrogen) atoms. The minimum absolute atomic E-state index is 0.0631. The summed E-state index contributed by atoms with van der Waals surface area (Å²) in [6, 6.07) is 10.2. The van der Waals surface area contributed by atoms with Gasteiger partial charge in [-0.05, 0) is 12.5 Å². The van der Waals surface area contributed by atoms with Crippen LogP contribution in [0.2, 0.25) is 0 Å². The summed E-state index contributed by atoms with van der Waals surface area (Å²) in [5.74, 6) is 0.0551. The molecule has 0 spiro atoms. The van der Waals surface area contributed by atoms with Crippen molar-refractivity contribution in [1.29, 1.82) is 0 Å². The van der Waals surface area contributed by atoms with Gasteiger partial charge in [0.05, 0.1) is 12.0 Å². The molecule has 1 atom stereocenters. The van der Waals surface area contributed by atoms with Crippen molar-refractivity contribution < 1.29 is 4.79 Å². The Morgan fingerprint density at radius 2 is 2.07 bits per heavy atom. The Morgan fingerprint density at radius 3 is 2.60 bits per heavy atom. The largest absolute Gasteiger partial charge is 0.350 e. The number of carbonyl (C=O) groups is 1. The molecule has 3 nitrogen and oxygen atoms in total. The van der Waals surface area contributed by atoms with Crippen molar-refractivity contribution in [2.24, 2.45) is 0 Å². The van der Waals surface area contributed by atoms with Crippen LogP contribution in [0.25, 0.3) is 0 Å². The van der Waals surface area contributed by atoms with E-state index >= 15 is 0 Å². The first kappa shape index (κ1) is 10.2. The summed E-state index contributed by atoms with van der Waals surface area (Å²) in [5, 5.41) is 6.14. The van der Waals surface area contributed by atoms with E-state index in [9.17, 15) is 4.79 Å². The average molecular weight is 204 g/mol. The quantitative estimate of drug-likeness (QED) is 0.767. The highest BCUT2D eigenvalue weighted by Crippen LogP contribution is 2.14. The van der Waals surface area contributed by atoms with Gasteiger partial charge < -0.3 is 10.6 Å². The normalized spacial score (nSPS) is 17.9. The van der Waals surface area contributed by atoms with Crippen LogP contribution in [0.5, 0.6) is 0 Å². The van der Waals surface area contributed by atoms with Gasteiger partial charge in [0.15, 0.2) is 0 Å². The first-order valence-corrected chi connectivity index (χ1v) is 5.33. The molecule has 3 heteroatoms. The van der Waals surface area contributed by atoms with Crippen molar-refractivity contribution in [2.75, 3.05) is 13.1 Å². The van der Waals surface area contributed by atoms with Gasteiger partial charge in [0, 0.05) is 13.1 Å². The number of carbonyl (C=O) groups excluding carboxylic acids is 1. The lowest BCUT2D eigenvalue weighted by Crippen LogP contribution is -2.57. The Balaban J connectivity index is 1.94. The smallest absolute Gasteiger partial charge is 0.227 e. The predicted octanol–water partition coefficient (Wildman–Crippen LogP) is 0.878. The maximum Gasteiger partial charge on any atom is 0.227 e. The van der Waals surface area contributed by atoms with Crippen LogP contribution < -0.4 is 10.6 Å². The van der Waals surface area contributed by atoms with E-state index in [0.29, 0.717) is 6.04 Å². The van der Waals surface area contributed by atoms with E-state index in [1.165, 1.54) is 0 Å². The Bertz CT molecular complexity index is 333. The van der Waals surface area contributed by atoms with Crippen LogP contribution in [-0.4, -0.2) is 25.0 Å². The van der Waals surface area contributed by atoms with Crippen LogP contribution in [0.3, 0.4) is 0 Å². The molecule has 1 fully saturated rings. The molecule has 1 saturated heterocycles. The Labute approximate surface area is 89.9 Å². The molecule has 2 N–H and O–H groups in total. The number of benzene rings is 1. The second-order valence-corrected chi connectivity index (χ2v) is 4.00. The standard InChI is InChI=1S/C12H16N2O/c1-9(10-5-3-2-4-6-10)12(15)14-11-7-13-8-11/h2-6,9,11,13H,7-8H2,1H3,(H,14,15). The summed E-state index contributed by atoms with van der Waals surface area (Å²) in [4.78, 5) is 11.8. The molecule has 0 aromatic heterocycles. The second-order valence-electron chi connectivity index (χ2n) is 4.00. The number of rotatable bonds is 3. The van der Waals surface area contributed by atoms with E-state index in [1.54, 1.807) is 0 Å². The van der Waals surface area contributed by atoms with Gasteiger partial charge in [0.25, 0.3) is 0 Å². The lowest BCUT2D eigenvalue weighted by atomic mass is 10.00. The van der Waals surface area contributed by atoms with E-state index in [-0.39, 0.29) is 11.8 Å². The van der Waals surface area contributed by atoms with Crippen molar-refractivity contribution in [3.63, 3.8) is 0 Å². The van der Waals surface area contributed by atoms with Gasteiger partial charge >= 0.3 is 0 Å². The molecular weight excluding hydrogens is 188 g/mol. The van der Waals surface area contributed by atoms with Crippen molar-refractivity contribution in [1.82, 2.24) is 10.6 Å². The third kappa shape index (κ3) is 2.36. The summed E-state index contributed by atoms with van der Waals surface area (Å²) in [7, 11) is 0. The first-order chi connectivity index (χ1) is 7.27. The predicted molar refractivity (Wildman–Crippen MR) is 59.7 cm³/mol. The highest BCUT2D eigenvalue weighted by Gasteiger charge is 2.22. The fourth-order valence-electron chi connectivity index (χ4n) is 1.61. The third-order valence-corrected chi connectivity index (χ3v) is 2.82. The van der Waals surface area contributed by atoms with E-state index in [2.05, 4.69) is 10.6 Å². The maximum atomic E-state index is 11.8. The molecular formula is C12H16N2O. The van der Waals surface area contributed by atoms with Crippen molar-refractivity contribution in [2.45, 2.75) is 18.9 Å². The number of hydrogen-bond donors (Lipinski definition) is 2. The fourth-order valence-corrected chi connectivity index (χ4v) is 1.61. The molecule has 0 aliphatic carbocycles. The van der Waals surface area contributed by atoms with E-state index in [0.717, 1.165) is 18.7 Å². The molecule has 1 amide bonds. The minimum Gasteiger partial charge on any atom is -0.350 e. The monoisotopic (exact) mass is 204 g/mol. The lowest BCUT2D eigenvalue weighted by Gasteiger charge is -2.29. The van der Waals surface area contributed by atoms with Crippen molar-refractivity contribution >= 4 is 5.91 Å². The summed E-state index contributed by atoms with van der Waals surface area (Å²) in [6.45, 7) is 3.73. The van der Waals surface area contributed by atoms with E-state index in [4.69, 9.17) is 0 Å². The Hall–Kier alpha value is -1.35. The average Bonchev–Trinajstić information content (AvgIpc) is 2.23. The molecule has 1 aliphatic heterocycles. The number of nitrogens with one attached hydrogen (secondary N) is 2. The van der Waals surface area contributed by atoms with Gasteiger partial charge in [-0.2, -0.15) is 0 Å². The second kappa shape index (κ2) is 4.45. The SMILES string of the molecule is CC(C(=O)NC1CNC1)c1ccccc1. The fraction of sp³-hybridized carbons (Fsp3) is 0.417. The molecule has 1 aliphatic rings. The third-order valence-electron chi connectivity index (χ3n) is 2.82. The van der Waals surface area contributed by atoms with Gasteiger partial charge in [0.2, 0.25) is 5.91 Å². The zero-order chi connectivity index (χ0) is 10.7. The molecule has 2 rings (SSSR count). The minimum atomic E-state index is -0.0631. The van der Waals surface area contributed by atoms with E-state index in [1.807, 2.05) is 37.3 Å². The number of hydrogen-bond acceptors (Lipinski definition) is 2. The summed E-state index contributed by atoms with van der Waals surface area (Å²) < 4.78 is 0. The van der Waals surface area contributed by atoms with Gasteiger partial charge in [-0.25, -0.2) is 0 Å². The van der Waals surface area contributed by atoms with Gasteiger partial charge in [-0.3, -0.25) is 4.79 Å². The van der Waals surface area contributed by atoms with Crippen LogP contribution >= 0.6 is 0 Å². The van der Waals surface area contributed by atoms with Crippen molar-refractivity contribution in [3.8, 4) is 0 Å². The molecule has 1 unspecified atom stereocenters. The highest BCUT2D eigenvalue weighted by atomic mass is 16.1. The zero-order valence-electron chi connectivity index (χ0n) is 8.86. The van der Waals surface area contributed by atoms with Crippen LogP contribution in [0, 0.1) is 0 Å². The topological polar surface area (TPSA) is 41.1 Å². The van der Waals surface area contributed by atoms with E-state index < -0.39 is 0 Å². The van der Waals surface area contributed by atoms with Gasteiger partial charge in [-0.1, -0.05) is 30.3 Å². The maximum absolute atomic E-state index is 11.8. The molecule has 0 saturated carbocycles. The Kier molecular flexibility index (Phi) is 3.02. The zero-order valence-corrected chi connectivity index (χ0v) is 8.86. The summed E-state index contributed by atoms with van der Waals surface area (Å²) in [5.41, 5.74) is 1.07. The van der Waals surface area contributed by atoms with Crippen LogP contribution in [0.15, 0.2) is 30.3 Å². The molecule has 0 radical (unpaired) electrons. The number of amides is 1. The molecule has 1 aromatic rings. The van der Waals surface area contributed by atoms with Gasteiger partial charge in [-0.15, -0.1) is 0 Å². The van der Waals surface area contributed by atoms with Crippen molar-refractivity contribution in [3.05, 3.63) is 35.9 Å². The Morgan fingerprint density at radius 1 is 1.40 bits per heavy atom. The van der Waals surface area contributed by atoms with Gasteiger partial charge in [0.1, 0.15) is 0 Å². The summed E-state index contributed by atoms with van der Waals surface area (Å²) in [6.07, 6.45) is 0. The molecule has 1 aromatic carbocycles. The van der Waals surface area contributed by atoms with Crippen LogP contribution in [-0.2, 0) is 4.79 Å². The molecule has 1 heterocycles. The molecule has 80 valence electrons. The first-order valence-electron chi connectivity index (χ1n) is 5.33. The van der Waals surface area contributed by atoms with Crippen LogP contribution in [0.4, 0.5) is 0 Å².